The van der Waals surface area contributed by atoms with Gasteiger partial charge in [0.05, 0.1) is 0 Å². The van der Waals surface area contributed by atoms with Gasteiger partial charge in [0.15, 0.2) is 0 Å². The first-order valence-electron chi connectivity index (χ1n) is 3.93. The van der Waals surface area contributed by atoms with Crippen molar-refractivity contribution >= 4 is 5.97 Å². The molecule has 0 aromatic carbocycles. The summed E-state index contributed by atoms with van der Waals surface area (Å²) in [4.78, 5) is 12.8. The summed E-state index contributed by atoms with van der Waals surface area (Å²) in [5, 5.41) is 8.39. The fraction of sp³-hybridized carbons (Fsp3) is 0.250. The van der Waals surface area contributed by atoms with E-state index in [1.807, 2.05) is 0 Å². The van der Waals surface area contributed by atoms with Crippen LogP contribution in [0.25, 0.3) is 0 Å². The van der Waals surface area contributed by atoms with Crippen molar-refractivity contribution in [3.05, 3.63) is 28.8 Å². The number of pyridine rings is 1. The molecule has 0 aliphatic carbocycles. The molecule has 0 fully saturated rings. The predicted octanol–water partition coefficient (Wildman–Crippen LogP) is 2.88. The molecule has 17 heavy (non-hydrogen) atoms. The molecule has 0 saturated carbocycles. The van der Waals surface area contributed by atoms with Crippen molar-refractivity contribution < 1.29 is 36.2 Å². The summed E-state index contributed by atoms with van der Waals surface area (Å²) in [6.07, 6.45) is -8.76. The lowest BCUT2D eigenvalue weighted by molar-refractivity contribution is -0.141. The molecular weight excluding hydrogens is 256 g/mol. The summed E-state index contributed by atoms with van der Waals surface area (Å²) < 4.78 is 73.9. The second-order valence-electron chi connectivity index (χ2n) is 2.85. The van der Waals surface area contributed by atoms with Crippen LogP contribution in [-0.4, -0.2) is 16.1 Å². The van der Waals surface area contributed by atoms with E-state index in [9.17, 15) is 31.1 Å². The largest absolute Gasteiger partial charge is 0.478 e. The van der Waals surface area contributed by atoms with Gasteiger partial charge in [0, 0.05) is 6.07 Å². The monoisotopic (exact) mass is 259 g/mol. The zero-order chi connectivity index (χ0) is 13.4. The normalized spacial score (nSPS) is 11.9. The van der Waals surface area contributed by atoms with Gasteiger partial charge in [-0.1, -0.05) is 0 Å². The van der Waals surface area contributed by atoms with Crippen LogP contribution in [0.2, 0.25) is 0 Å². The van der Waals surface area contributed by atoms with Crippen molar-refractivity contribution in [2.24, 2.45) is 0 Å². The number of alkyl halides is 5. The van der Waals surface area contributed by atoms with Crippen LogP contribution in [-0.2, 0) is 6.18 Å². The van der Waals surface area contributed by atoms with Gasteiger partial charge in [0.25, 0.3) is 6.43 Å². The Bertz CT molecular complexity index is 456. The maximum absolute atomic E-state index is 13.0. The molecule has 1 aromatic heterocycles. The van der Waals surface area contributed by atoms with Gasteiger partial charge in [-0.25, -0.2) is 22.9 Å². The van der Waals surface area contributed by atoms with E-state index in [2.05, 4.69) is 4.98 Å². The summed E-state index contributed by atoms with van der Waals surface area (Å²) in [7, 11) is 0. The van der Waals surface area contributed by atoms with Gasteiger partial charge in [0.2, 0.25) is 0 Å². The zero-order valence-corrected chi connectivity index (χ0v) is 7.73. The molecule has 0 atom stereocenters. The minimum Gasteiger partial charge on any atom is -0.478 e. The van der Waals surface area contributed by atoms with E-state index in [0.717, 1.165) is 0 Å². The van der Waals surface area contributed by atoms with Gasteiger partial charge < -0.3 is 5.11 Å². The lowest BCUT2D eigenvalue weighted by atomic mass is 10.1. The zero-order valence-electron chi connectivity index (χ0n) is 7.73. The molecule has 0 aliphatic heterocycles. The van der Waals surface area contributed by atoms with E-state index in [-0.39, 0.29) is 6.07 Å². The molecule has 3 nitrogen and oxygen atoms in total. The molecule has 0 spiro atoms. The van der Waals surface area contributed by atoms with Crippen molar-refractivity contribution in [3.8, 4) is 0 Å². The minimum absolute atomic E-state index is 0.241. The van der Waals surface area contributed by atoms with E-state index in [0.29, 0.717) is 0 Å². The number of hydrogen-bond donors (Lipinski definition) is 1. The van der Waals surface area contributed by atoms with Crippen LogP contribution >= 0.6 is 0 Å². The van der Waals surface area contributed by atoms with Crippen LogP contribution in [0.3, 0.4) is 0 Å². The first-order valence-corrected chi connectivity index (χ1v) is 3.93. The second kappa shape index (κ2) is 4.22. The summed E-state index contributed by atoms with van der Waals surface area (Å²) in [5.41, 5.74) is -5.21. The third-order valence-electron chi connectivity index (χ3n) is 1.71. The molecule has 94 valence electrons. The van der Waals surface area contributed by atoms with Gasteiger partial charge in [-0.15, -0.1) is 0 Å². The number of carboxylic acid groups (broad SMARTS) is 1. The maximum atomic E-state index is 13.0. The number of carboxylic acids is 1. The Labute approximate surface area is 89.7 Å². The lowest BCUT2D eigenvalue weighted by Crippen LogP contribution is -2.16. The van der Waals surface area contributed by atoms with Crippen molar-refractivity contribution in [2.45, 2.75) is 12.6 Å². The Morgan fingerprint density at radius 3 is 2.24 bits per heavy atom. The number of carbonyl (C=O) groups is 1. The topological polar surface area (TPSA) is 50.2 Å². The van der Waals surface area contributed by atoms with Crippen molar-refractivity contribution in [1.82, 2.24) is 4.98 Å². The molecular formula is C8H3F6NO2. The summed E-state index contributed by atoms with van der Waals surface area (Å²) in [6, 6.07) is -0.241. The van der Waals surface area contributed by atoms with Gasteiger partial charge in [-0.05, 0) is 0 Å². The van der Waals surface area contributed by atoms with E-state index < -0.39 is 41.3 Å². The average Bonchev–Trinajstić information content (AvgIpc) is 2.13. The maximum Gasteiger partial charge on any atom is 0.433 e. The third kappa shape index (κ3) is 2.66. The van der Waals surface area contributed by atoms with Gasteiger partial charge in [-0.2, -0.15) is 13.2 Å². The van der Waals surface area contributed by atoms with Crippen molar-refractivity contribution in [2.75, 3.05) is 0 Å². The Morgan fingerprint density at radius 2 is 1.88 bits per heavy atom. The van der Waals surface area contributed by atoms with Crippen LogP contribution in [0, 0.1) is 5.82 Å². The fourth-order valence-corrected chi connectivity index (χ4v) is 1.05. The van der Waals surface area contributed by atoms with E-state index >= 15 is 0 Å². The molecule has 1 rings (SSSR count). The fourth-order valence-electron chi connectivity index (χ4n) is 1.05. The SMILES string of the molecule is O=C(O)c1c(F)cc(C(F)(F)F)nc1C(F)F. The van der Waals surface area contributed by atoms with E-state index in [4.69, 9.17) is 5.11 Å². The molecule has 9 heteroatoms. The molecule has 0 unspecified atom stereocenters. The lowest BCUT2D eigenvalue weighted by Gasteiger charge is -2.10. The summed E-state index contributed by atoms with van der Waals surface area (Å²) in [5.74, 6) is -4.02. The van der Waals surface area contributed by atoms with E-state index in [1.54, 1.807) is 0 Å². The summed E-state index contributed by atoms with van der Waals surface area (Å²) >= 11 is 0. The first-order chi connectivity index (χ1) is 7.64. The highest BCUT2D eigenvalue weighted by Gasteiger charge is 2.36. The standard InChI is InChI=1S/C8H3F6NO2/c9-2-1-3(8(12,13)14)15-5(6(10)11)4(2)7(16)17/h1,6H,(H,16,17). The van der Waals surface area contributed by atoms with Crippen LogP contribution in [0.15, 0.2) is 6.07 Å². The van der Waals surface area contributed by atoms with Gasteiger partial charge >= 0.3 is 12.1 Å². The predicted molar refractivity (Wildman–Crippen MR) is 41.1 cm³/mol. The molecule has 0 saturated heterocycles. The minimum atomic E-state index is -5.14. The van der Waals surface area contributed by atoms with Crippen molar-refractivity contribution in [3.63, 3.8) is 0 Å². The van der Waals surface area contributed by atoms with Crippen LogP contribution < -0.4 is 0 Å². The average molecular weight is 259 g/mol. The second-order valence-corrected chi connectivity index (χ2v) is 2.85. The van der Waals surface area contributed by atoms with E-state index in [1.165, 1.54) is 0 Å². The quantitative estimate of drug-likeness (QED) is 0.831. The van der Waals surface area contributed by atoms with Gasteiger partial charge in [0.1, 0.15) is 22.8 Å². The molecule has 0 amide bonds. The van der Waals surface area contributed by atoms with Crippen LogP contribution in [0.5, 0.6) is 0 Å². The Kier molecular flexibility index (Phi) is 3.30. The molecule has 1 heterocycles. The number of aromatic carboxylic acids is 1. The van der Waals surface area contributed by atoms with Crippen LogP contribution in [0.4, 0.5) is 26.3 Å². The Morgan fingerprint density at radius 1 is 1.35 bits per heavy atom. The number of aromatic nitrogens is 1. The van der Waals surface area contributed by atoms with Crippen LogP contribution in [0.1, 0.15) is 28.2 Å². The Balaban J connectivity index is 3.52. The Hall–Kier alpha value is -1.80. The number of rotatable bonds is 2. The highest BCUT2D eigenvalue weighted by molar-refractivity contribution is 5.89. The number of halogens is 6. The smallest absolute Gasteiger partial charge is 0.433 e. The molecule has 1 aromatic rings. The molecule has 0 aliphatic rings. The molecule has 0 radical (unpaired) electrons. The highest BCUT2D eigenvalue weighted by Crippen LogP contribution is 2.32. The highest BCUT2D eigenvalue weighted by atomic mass is 19.4. The summed E-state index contributed by atoms with van der Waals surface area (Å²) in [6.45, 7) is 0. The third-order valence-corrected chi connectivity index (χ3v) is 1.71. The number of hydrogen-bond acceptors (Lipinski definition) is 2. The first kappa shape index (κ1) is 13.3. The van der Waals surface area contributed by atoms with Gasteiger partial charge in [-0.3, -0.25) is 0 Å². The molecule has 0 bridgehead atoms. The molecule has 1 N–H and O–H groups in total. The number of nitrogens with zero attached hydrogens (tertiary/aromatic N) is 1. The van der Waals surface area contributed by atoms with Crippen molar-refractivity contribution in [1.29, 1.82) is 0 Å².